The normalized spacial score (nSPS) is 27.4. The molecule has 11 nitrogen and oxygen atoms in total. The third-order valence-electron chi connectivity index (χ3n) is 8.06. The van der Waals surface area contributed by atoms with E-state index < -0.39 is 51.2 Å². The van der Waals surface area contributed by atoms with Crippen LogP contribution in [0.2, 0.25) is 0 Å². The fraction of sp³-hybridized carbons (Fsp3) is 0.655. The van der Waals surface area contributed by atoms with Crippen molar-refractivity contribution in [2.75, 3.05) is 6.54 Å². The molecule has 2 heterocycles. The van der Waals surface area contributed by atoms with E-state index in [-0.39, 0.29) is 16.7 Å². The third kappa shape index (κ3) is 7.83. The molecule has 0 spiro atoms. The Balaban J connectivity index is 1.55. The number of nitrogens with one attached hydrogen (secondary N) is 3. The number of fused-ring (bicyclic) bond motifs is 2. The summed E-state index contributed by atoms with van der Waals surface area (Å²) < 4.78 is 34.2. The zero-order valence-corrected chi connectivity index (χ0v) is 26.8. The van der Waals surface area contributed by atoms with Crippen LogP contribution in [0, 0.1) is 5.92 Å². The van der Waals surface area contributed by atoms with Crippen molar-refractivity contribution < 1.29 is 32.3 Å². The molecule has 1 aromatic carbocycles. The van der Waals surface area contributed by atoms with Gasteiger partial charge in [0, 0.05) is 11.0 Å². The van der Waals surface area contributed by atoms with Crippen molar-refractivity contribution in [1.29, 1.82) is 0 Å². The van der Waals surface area contributed by atoms with Gasteiger partial charge in [0.1, 0.15) is 23.2 Å². The van der Waals surface area contributed by atoms with E-state index in [1.165, 1.54) is 17.0 Å². The minimum absolute atomic E-state index is 0.0709. The van der Waals surface area contributed by atoms with Gasteiger partial charge in [-0.05, 0) is 77.0 Å². The average Bonchev–Trinajstić information content (AvgIpc) is 3.35. The van der Waals surface area contributed by atoms with Crippen molar-refractivity contribution in [1.82, 2.24) is 20.3 Å². The Labute approximate surface area is 256 Å². The van der Waals surface area contributed by atoms with E-state index in [0.717, 1.165) is 32.1 Å². The first-order valence-corrected chi connectivity index (χ1v) is 16.9. The predicted molar refractivity (Wildman–Crippen MR) is 159 cm³/mol. The minimum atomic E-state index is -4.18. The molecule has 1 aromatic rings. The molecule has 0 unspecified atom stereocenters. The minimum Gasteiger partial charge on any atom is -0.444 e. The first-order chi connectivity index (χ1) is 19.7. The molecular weight excluding hydrogens is 628 g/mol. The van der Waals surface area contributed by atoms with Crippen LogP contribution in [-0.4, -0.2) is 66.9 Å². The van der Waals surface area contributed by atoms with E-state index in [1.807, 2.05) is 0 Å². The predicted octanol–water partition coefficient (Wildman–Crippen LogP) is 3.76. The van der Waals surface area contributed by atoms with Gasteiger partial charge in [0.2, 0.25) is 11.8 Å². The summed E-state index contributed by atoms with van der Waals surface area (Å²) in [5.41, 5.74) is -2.11. The zero-order chi connectivity index (χ0) is 30.7. The lowest BCUT2D eigenvalue weighted by Crippen LogP contribution is -2.58. The SMILES string of the molecule is CC(C)(C)OC(=O)N[C@H]1CCCCCCC[C@@H]2C[C@@]2(C(=O)NS(=O)(=O)c2cccc(Br)c2)NC(=O)[C@@H]2CCCN2C1=O. The number of alkyl carbamates (subject to hydrolysis) is 1. The monoisotopic (exact) mass is 668 g/mol. The lowest BCUT2D eigenvalue weighted by atomic mass is 10.0. The number of carbonyl (C=O) groups excluding carboxylic acids is 4. The summed E-state index contributed by atoms with van der Waals surface area (Å²) in [6.45, 7) is 5.57. The molecule has 2 saturated heterocycles. The molecule has 4 rings (SSSR count). The Kier molecular flexibility index (Phi) is 9.91. The lowest BCUT2D eigenvalue weighted by molar-refractivity contribution is -0.141. The van der Waals surface area contributed by atoms with E-state index in [1.54, 1.807) is 32.9 Å². The number of hydrogen-bond donors (Lipinski definition) is 3. The van der Waals surface area contributed by atoms with E-state index >= 15 is 0 Å². The lowest BCUT2D eigenvalue weighted by Gasteiger charge is -2.30. The van der Waals surface area contributed by atoms with Gasteiger partial charge in [0.05, 0.1) is 4.90 Å². The fourth-order valence-corrected chi connectivity index (χ4v) is 7.49. The molecule has 1 saturated carbocycles. The number of benzene rings is 1. The van der Waals surface area contributed by atoms with E-state index in [4.69, 9.17) is 4.74 Å². The van der Waals surface area contributed by atoms with Crippen LogP contribution < -0.4 is 15.4 Å². The number of nitrogens with zero attached hydrogens (tertiary/aromatic N) is 1. The smallest absolute Gasteiger partial charge is 0.408 e. The maximum Gasteiger partial charge on any atom is 0.408 e. The second-order valence-corrected chi connectivity index (χ2v) is 15.1. The van der Waals surface area contributed by atoms with Crippen LogP contribution in [-0.2, 0) is 29.1 Å². The van der Waals surface area contributed by atoms with Crippen molar-refractivity contribution in [3.05, 3.63) is 28.7 Å². The number of amides is 4. The third-order valence-corrected chi connectivity index (χ3v) is 9.88. The zero-order valence-electron chi connectivity index (χ0n) is 24.4. The molecule has 0 bridgehead atoms. The number of hydrogen-bond acceptors (Lipinski definition) is 7. The second-order valence-electron chi connectivity index (χ2n) is 12.5. The molecule has 3 N–H and O–H groups in total. The number of sulfonamides is 1. The molecule has 1 aliphatic carbocycles. The van der Waals surface area contributed by atoms with Crippen LogP contribution >= 0.6 is 15.9 Å². The van der Waals surface area contributed by atoms with Crippen molar-refractivity contribution in [3.8, 4) is 0 Å². The standard InChI is InChI=1S/C29H41BrN4O7S/c1-28(2,3)41-27(38)31-22-14-8-6-4-5-7-11-19-18-29(19,32-24(35)23-15-10-16-34(23)25(22)36)26(37)33-42(39,40)21-13-9-12-20(30)17-21/h9,12-13,17,19,22-23H,4-8,10-11,14-16,18H2,1-3H3,(H,31,38)(H,32,35)(H,33,37)/t19-,22+,23+,29-/m1/s1. The van der Waals surface area contributed by atoms with Crippen LogP contribution in [0.25, 0.3) is 0 Å². The summed E-state index contributed by atoms with van der Waals surface area (Å²) in [5, 5.41) is 5.58. The highest BCUT2D eigenvalue weighted by Crippen LogP contribution is 2.48. The van der Waals surface area contributed by atoms with Gasteiger partial charge < -0.3 is 20.3 Å². The molecule has 4 atom stereocenters. The summed E-state index contributed by atoms with van der Waals surface area (Å²) in [5.74, 6) is -1.84. The van der Waals surface area contributed by atoms with Crippen molar-refractivity contribution in [2.24, 2.45) is 5.92 Å². The van der Waals surface area contributed by atoms with Gasteiger partial charge >= 0.3 is 6.09 Å². The Morgan fingerprint density at radius 3 is 2.43 bits per heavy atom. The van der Waals surface area contributed by atoms with Gasteiger partial charge in [-0.1, -0.05) is 54.1 Å². The summed E-state index contributed by atoms with van der Waals surface area (Å²) >= 11 is 3.25. The fourth-order valence-electron chi connectivity index (χ4n) is 5.86. The molecule has 0 aromatic heterocycles. The van der Waals surface area contributed by atoms with Gasteiger partial charge in [-0.2, -0.15) is 0 Å². The summed E-state index contributed by atoms with van der Waals surface area (Å²) in [4.78, 5) is 54.9. The molecule has 3 aliphatic rings. The highest BCUT2D eigenvalue weighted by atomic mass is 79.9. The highest BCUT2D eigenvalue weighted by molar-refractivity contribution is 9.10. The number of halogens is 1. The number of ether oxygens (including phenoxy) is 1. The first kappa shape index (κ1) is 32.2. The van der Waals surface area contributed by atoms with Crippen LogP contribution in [0.4, 0.5) is 4.79 Å². The summed E-state index contributed by atoms with van der Waals surface area (Å²) in [6, 6.07) is 4.35. The van der Waals surface area contributed by atoms with E-state index in [2.05, 4.69) is 31.3 Å². The van der Waals surface area contributed by atoms with Crippen LogP contribution in [0.3, 0.4) is 0 Å². The van der Waals surface area contributed by atoms with Crippen LogP contribution in [0.15, 0.2) is 33.6 Å². The number of rotatable bonds is 4. The van der Waals surface area contributed by atoms with Gasteiger partial charge in [0.25, 0.3) is 15.9 Å². The molecule has 232 valence electrons. The summed E-state index contributed by atoms with van der Waals surface area (Å²) in [7, 11) is -4.18. The van der Waals surface area contributed by atoms with Gasteiger partial charge in [-0.3, -0.25) is 14.4 Å². The van der Waals surface area contributed by atoms with Crippen LogP contribution in [0.5, 0.6) is 0 Å². The van der Waals surface area contributed by atoms with Crippen molar-refractivity contribution >= 4 is 49.8 Å². The topological polar surface area (TPSA) is 151 Å². The molecule has 42 heavy (non-hydrogen) atoms. The Bertz CT molecular complexity index is 1320. The molecule has 13 heteroatoms. The van der Waals surface area contributed by atoms with Gasteiger partial charge in [-0.25, -0.2) is 17.9 Å². The van der Waals surface area contributed by atoms with Gasteiger partial charge in [0.15, 0.2) is 0 Å². The molecular formula is C29H41BrN4O7S. The molecule has 0 radical (unpaired) electrons. The van der Waals surface area contributed by atoms with Crippen molar-refractivity contribution in [3.63, 3.8) is 0 Å². The largest absolute Gasteiger partial charge is 0.444 e. The average molecular weight is 670 g/mol. The first-order valence-electron chi connectivity index (χ1n) is 14.7. The summed E-state index contributed by atoms with van der Waals surface area (Å²) in [6.07, 6.45) is 5.92. The van der Waals surface area contributed by atoms with Crippen LogP contribution in [0.1, 0.15) is 85.0 Å². The van der Waals surface area contributed by atoms with E-state index in [0.29, 0.717) is 43.1 Å². The maximum atomic E-state index is 13.7. The second kappa shape index (κ2) is 12.9. The quantitative estimate of drug-likeness (QED) is 0.442. The Morgan fingerprint density at radius 1 is 1.05 bits per heavy atom. The highest BCUT2D eigenvalue weighted by Gasteiger charge is 2.62. The number of carbonyl (C=O) groups is 4. The molecule has 2 aliphatic heterocycles. The Hall–Kier alpha value is -2.67. The molecule has 3 fully saturated rings. The van der Waals surface area contributed by atoms with Crippen molar-refractivity contribution in [2.45, 2.75) is 113 Å². The Morgan fingerprint density at radius 2 is 1.74 bits per heavy atom. The van der Waals surface area contributed by atoms with Gasteiger partial charge in [-0.15, -0.1) is 0 Å². The van der Waals surface area contributed by atoms with E-state index in [9.17, 15) is 27.6 Å². The maximum absolute atomic E-state index is 13.7. The molecule has 4 amide bonds.